The number of Topliss-reactive ketones (excluding diaryl/α,β-unsaturated/α-hetero) is 1. The van der Waals surface area contributed by atoms with Gasteiger partial charge in [0.25, 0.3) is 0 Å². The third-order valence-electron chi connectivity index (χ3n) is 2.43. The van der Waals surface area contributed by atoms with Crippen molar-refractivity contribution in [1.29, 1.82) is 0 Å². The molecule has 0 bridgehead atoms. The van der Waals surface area contributed by atoms with E-state index in [0.29, 0.717) is 12.0 Å². The molecular formula is C12H16O4S. The lowest BCUT2D eigenvalue weighted by Crippen LogP contribution is -2.08. The van der Waals surface area contributed by atoms with Crippen molar-refractivity contribution >= 4 is 15.6 Å². The van der Waals surface area contributed by atoms with E-state index in [1.54, 1.807) is 6.92 Å². The predicted molar refractivity (Wildman–Crippen MR) is 64.8 cm³/mol. The average Bonchev–Trinajstić information content (AvgIpc) is 2.35. The molecule has 0 saturated heterocycles. The first-order chi connectivity index (χ1) is 8.01. The first-order valence-corrected chi connectivity index (χ1v) is 7.13. The van der Waals surface area contributed by atoms with Gasteiger partial charge >= 0.3 is 0 Å². The van der Waals surface area contributed by atoms with Gasteiger partial charge in [0.15, 0.2) is 15.6 Å². The zero-order valence-corrected chi connectivity index (χ0v) is 10.5. The molecule has 0 aromatic heterocycles. The van der Waals surface area contributed by atoms with E-state index in [0.717, 1.165) is 0 Å². The molecule has 0 aliphatic heterocycles. The standard InChI is InChI=1S/C12H16O4S/c1-2-12(14)10-4-6-11(7-5-10)17(15,16)9-3-8-13/h4-7,13H,2-3,8-9H2,1H3. The highest BCUT2D eigenvalue weighted by Gasteiger charge is 2.14. The minimum atomic E-state index is -3.34. The molecule has 0 aliphatic carbocycles. The summed E-state index contributed by atoms with van der Waals surface area (Å²) in [6.07, 6.45) is 0.620. The van der Waals surface area contributed by atoms with Crippen LogP contribution >= 0.6 is 0 Å². The minimum Gasteiger partial charge on any atom is -0.396 e. The number of aliphatic hydroxyl groups excluding tert-OH is 1. The molecule has 1 N–H and O–H groups in total. The van der Waals surface area contributed by atoms with Crippen molar-refractivity contribution in [2.24, 2.45) is 0 Å². The maximum atomic E-state index is 11.7. The molecule has 0 unspecified atom stereocenters. The molecule has 1 aromatic rings. The van der Waals surface area contributed by atoms with E-state index in [2.05, 4.69) is 0 Å². The van der Waals surface area contributed by atoms with Gasteiger partial charge in [-0.1, -0.05) is 19.1 Å². The monoisotopic (exact) mass is 256 g/mol. The van der Waals surface area contributed by atoms with Crippen LogP contribution < -0.4 is 0 Å². The smallest absolute Gasteiger partial charge is 0.178 e. The summed E-state index contributed by atoms with van der Waals surface area (Å²) in [5.74, 6) is -0.0887. The summed E-state index contributed by atoms with van der Waals surface area (Å²) in [7, 11) is -3.34. The second-order valence-corrected chi connectivity index (χ2v) is 5.81. The lowest BCUT2D eigenvalue weighted by atomic mass is 10.1. The first-order valence-electron chi connectivity index (χ1n) is 5.48. The number of aliphatic hydroxyl groups is 1. The number of rotatable bonds is 6. The van der Waals surface area contributed by atoms with E-state index < -0.39 is 9.84 Å². The van der Waals surface area contributed by atoms with Gasteiger partial charge in [-0.2, -0.15) is 0 Å². The molecule has 0 spiro atoms. The van der Waals surface area contributed by atoms with Gasteiger partial charge in [0.1, 0.15) is 0 Å². The highest BCUT2D eigenvalue weighted by atomic mass is 32.2. The van der Waals surface area contributed by atoms with Gasteiger partial charge in [0.05, 0.1) is 10.6 Å². The van der Waals surface area contributed by atoms with Crippen molar-refractivity contribution in [1.82, 2.24) is 0 Å². The molecule has 0 heterocycles. The summed E-state index contributed by atoms with van der Waals surface area (Å²) >= 11 is 0. The van der Waals surface area contributed by atoms with Gasteiger partial charge in [-0.05, 0) is 18.6 Å². The first kappa shape index (κ1) is 13.9. The zero-order valence-electron chi connectivity index (χ0n) is 9.72. The van der Waals surface area contributed by atoms with Crippen LogP contribution in [-0.4, -0.2) is 31.7 Å². The second kappa shape index (κ2) is 5.93. The Balaban J connectivity index is 2.91. The summed E-state index contributed by atoms with van der Waals surface area (Å²) in [6.45, 7) is 1.61. The van der Waals surface area contributed by atoms with Crippen molar-refractivity contribution in [3.8, 4) is 0 Å². The Labute approximate surface area is 101 Å². The molecule has 94 valence electrons. The fourth-order valence-electron chi connectivity index (χ4n) is 1.42. The molecule has 0 fully saturated rings. The van der Waals surface area contributed by atoms with E-state index >= 15 is 0 Å². The van der Waals surface area contributed by atoms with Gasteiger partial charge in [0.2, 0.25) is 0 Å². The maximum absolute atomic E-state index is 11.7. The van der Waals surface area contributed by atoms with E-state index in [4.69, 9.17) is 5.11 Å². The van der Waals surface area contributed by atoms with Crippen molar-refractivity contribution in [3.63, 3.8) is 0 Å². The second-order valence-electron chi connectivity index (χ2n) is 3.70. The maximum Gasteiger partial charge on any atom is 0.178 e. The summed E-state index contributed by atoms with van der Waals surface area (Å²) in [5, 5.41) is 8.62. The fraction of sp³-hybridized carbons (Fsp3) is 0.417. The number of hydrogen-bond donors (Lipinski definition) is 1. The van der Waals surface area contributed by atoms with Crippen LogP contribution in [0.25, 0.3) is 0 Å². The highest BCUT2D eigenvalue weighted by molar-refractivity contribution is 7.91. The molecule has 1 aromatic carbocycles. The molecule has 0 radical (unpaired) electrons. The Kier molecular flexibility index (Phi) is 4.84. The van der Waals surface area contributed by atoms with Gasteiger partial charge in [-0.3, -0.25) is 4.79 Å². The highest BCUT2D eigenvalue weighted by Crippen LogP contribution is 2.14. The van der Waals surface area contributed by atoms with Crippen LogP contribution in [-0.2, 0) is 9.84 Å². The summed E-state index contributed by atoms with van der Waals surface area (Å²) < 4.78 is 23.5. The third-order valence-corrected chi connectivity index (χ3v) is 4.24. The van der Waals surface area contributed by atoms with Crippen molar-refractivity contribution < 1.29 is 18.3 Å². The van der Waals surface area contributed by atoms with Gasteiger partial charge in [-0.15, -0.1) is 0 Å². The number of benzene rings is 1. The molecule has 4 nitrogen and oxygen atoms in total. The van der Waals surface area contributed by atoms with Crippen LogP contribution in [0, 0.1) is 0 Å². The number of carbonyl (C=O) groups is 1. The summed E-state index contributed by atoms with van der Waals surface area (Å²) in [5.41, 5.74) is 0.522. The quantitative estimate of drug-likeness (QED) is 0.782. The van der Waals surface area contributed by atoms with E-state index in [1.165, 1.54) is 24.3 Å². The third kappa shape index (κ3) is 3.64. The summed E-state index contributed by atoms with van der Waals surface area (Å²) in [6, 6.07) is 5.93. The Morgan fingerprint density at radius 3 is 2.29 bits per heavy atom. The topological polar surface area (TPSA) is 71.4 Å². The average molecular weight is 256 g/mol. The van der Waals surface area contributed by atoms with Crippen LogP contribution in [0.5, 0.6) is 0 Å². The van der Waals surface area contributed by atoms with E-state index in [9.17, 15) is 13.2 Å². The Morgan fingerprint density at radius 1 is 1.24 bits per heavy atom. The lowest BCUT2D eigenvalue weighted by molar-refractivity contribution is 0.0988. The molecule has 0 aliphatic rings. The molecule has 17 heavy (non-hydrogen) atoms. The van der Waals surface area contributed by atoms with Gasteiger partial charge in [-0.25, -0.2) is 8.42 Å². The van der Waals surface area contributed by atoms with Crippen LogP contribution in [0.15, 0.2) is 29.2 Å². The number of hydrogen-bond acceptors (Lipinski definition) is 4. The SMILES string of the molecule is CCC(=O)c1ccc(S(=O)(=O)CCCO)cc1. The summed E-state index contributed by atoms with van der Waals surface area (Å²) in [4.78, 5) is 11.6. The number of ketones is 1. The molecule has 5 heteroatoms. The van der Waals surface area contributed by atoms with Crippen molar-refractivity contribution in [2.75, 3.05) is 12.4 Å². The van der Waals surface area contributed by atoms with E-state index in [-0.39, 0.29) is 29.5 Å². The Bertz CT molecular complexity index is 474. The van der Waals surface area contributed by atoms with Crippen LogP contribution in [0.2, 0.25) is 0 Å². The zero-order chi connectivity index (χ0) is 12.9. The molecule has 1 rings (SSSR count). The molecular weight excluding hydrogens is 240 g/mol. The van der Waals surface area contributed by atoms with Gasteiger partial charge < -0.3 is 5.11 Å². The van der Waals surface area contributed by atoms with Crippen molar-refractivity contribution in [2.45, 2.75) is 24.7 Å². The van der Waals surface area contributed by atoms with Gasteiger partial charge in [0, 0.05) is 18.6 Å². The van der Waals surface area contributed by atoms with E-state index in [1.807, 2.05) is 0 Å². The number of sulfone groups is 1. The fourth-order valence-corrected chi connectivity index (χ4v) is 2.72. The van der Waals surface area contributed by atoms with Crippen molar-refractivity contribution in [3.05, 3.63) is 29.8 Å². The molecule has 0 saturated carbocycles. The largest absolute Gasteiger partial charge is 0.396 e. The Morgan fingerprint density at radius 2 is 1.82 bits per heavy atom. The normalized spacial score (nSPS) is 11.4. The minimum absolute atomic E-state index is 0.00990. The Hall–Kier alpha value is -1.20. The van der Waals surface area contributed by atoms with Crippen LogP contribution in [0.4, 0.5) is 0 Å². The van der Waals surface area contributed by atoms with Crippen LogP contribution in [0.3, 0.4) is 0 Å². The molecule has 0 atom stereocenters. The lowest BCUT2D eigenvalue weighted by Gasteiger charge is -2.04. The number of carbonyl (C=O) groups excluding carboxylic acids is 1. The molecule has 0 amide bonds. The predicted octanol–water partition coefficient (Wildman–Crippen LogP) is 1.44. The van der Waals surface area contributed by atoms with Crippen LogP contribution in [0.1, 0.15) is 30.1 Å².